The Hall–Kier alpha value is -1.89. The number of imide groups is 1. The average molecular weight is 350 g/mol. The van der Waals surface area contributed by atoms with Crippen LogP contribution in [0.2, 0.25) is 0 Å². The standard InChI is InChI=1S/C17H22N2O4S/c1-3-11-4-5-13-12(8-11)9-14(24-13)16(21)23-10(2)15(20)19-7-6-18-17(19)22/h9-11H,3-8H2,1-2H3,(H,18,22)/t10-,11-/m1/s1. The molecule has 3 rings (SSSR count). The molecule has 0 spiro atoms. The van der Waals surface area contributed by atoms with Crippen LogP contribution < -0.4 is 5.32 Å². The van der Waals surface area contributed by atoms with E-state index < -0.39 is 24.0 Å². The molecule has 0 aromatic carbocycles. The molecule has 1 aliphatic heterocycles. The largest absolute Gasteiger partial charge is 0.448 e. The highest BCUT2D eigenvalue weighted by atomic mass is 32.1. The van der Waals surface area contributed by atoms with E-state index in [1.165, 1.54) is 28.7 Å². The maximum absolute atomic E-state index is 12.3. The summed E-state index contributed by atoms with van der Waals surface area (Å²) in [7, 11) is 0. The summed E-state index contributed by atoms with van der Waals surface area (Å²) in [5.74, 6) is -0.279. The summed E-state index contributed by atoms with van der Waals surface area (Å²) in [6.45, 7) is 4.44. The predicted molar refractivity (Wildman–Crippen MR) is 90.1 cm³/mol. The number of aryl methyl sites for hydroxylation is 1. The van der Waals surface area contributed by atoms with Crippen molar-refractivity contribution in [3.8, 4) is 0 Å². The van der Waals surface area contributed by atoms with E-state index in [2.05, 4.69) is 12.2 Å². The third-order valence-electron chi connectivity index (χ3n) is 4.72. The Bertz CT molecular complexity index is 670. The number of hydrogen-bond acceptors (Lipinski definition) is 5. The number of hydrogen-bond donors (Lipinski definition) is 1. The van der Waals surface area contributed by atoms with Crippen LogP contribution in [0, 0.1) is 5.92 Å². The topological polar surface area (TPSA) is 75.7 Å². The molecular formula is C17H22N2O4S. The van der Waals surface area contributed by atoms with E-state index >= 15 is 0 Å². The van der Waals surface area contributed by atoms with Gasteiger partial charge in [-0.05, 0) is 43.7 Å². The van der Waals surface area contributed by atoms with Crippen molar-refractivity contribution in [2.45, 2.75) is 45.6 Å². The number of carbonyl (C=O) groups excluding carboxylic acids is 3. The van der Waals surface area contributed by atoms with E-state index in [1.54, 1.807) is 0 Å². The Kier molecular flexibility index (Phi) is 4.89. The maximum Gasteiger partial charge on any atom is 0.349 e. The monoisotopic (exact) mass is 350 g/mol. The number of carbonyl (C=O) groups is 3. The SMILES string of the molecule is CC[C@@H]1CCc2sc(C(=O)O[C@H](C)C(=O)N3CCNC3=O)cc2C1. The van der Waals surface area contributed by atoms with E-state index in [0.717, 1.165) is 30.6 Å². The fourth-order valence-electron chi connectivity index (χ4n) is 3.22. The molecule has 0 bridgehead atoms. The van der Waals surface area contributed by atoms with Crippen molar-refractivity contribution in [1.82, 2.24) is 10.2 Å². The van der Waals surface area contributed by atoms with E-state index in [4.69, 9.17) is 4.74 Å². The van der Waals surface area contributed by atoms with Crippen molar-refractivity contribution in [1.29, 1.82) is 0 Å². The first-order chi connectivity index (χ1) is 11.5. The van der Waals surface area contributed by atoms with Gasteiger partial charge in [0.15, 0.2) is 6.10 Å². The zero-order valence-corrected chi connectivity index (χ0v) is 14.8. The lowest BCUT2D eigenvalue weighted by Crippen LogP contribution is -2.41. The molecule has 7 heteroatoms. The number of nitrogens with one attached hydrogen (secondary N) is 1. The van der Waals surface area contributed by atoms with Gasteiger partial charge >= 0.3 is 12.0 Å². The summed E-state index contributed by atoms with van der Waals surface area (Å²) in [5, 5.41) is 2.56. The van der Waals surface area contributed by atoms with Gasteiger partial charge in [-0.2, -0.15) is 0 Å². The highest BCUT2D eigenvalue weighted by Gasteiger charge is 2.32. The molecular weight excluding hydrogens is 328 g/mol. The van der Waals surface area contributed by atoms with Crippen molar-refractivity contribution in [2.75, 3.05) is 13.1 Å². The molecule has 2 atom stereocenters. The molecule has 1 aliphatic carbocycles. The quantitative estimate of drug-likeness (QED) is 0.846. The second-order valence-electron chi connectivity index (χ2n) is 6.35. The van der Waals surface area contributed by atoms with Crippen LogP contribution in [0.3, 0.4) is 0 Å². The number of thiophene rings is 1. The fraction of sp³-hybridized carbons (Fsp3) is 0.588. The molecule has 1 fully saturated rings. The van der Waals surface area contributed by atoms with Gasteiger partial charge in [0.1, 0.15) is 4.88 Å². The van der Waals surface area contributed by atoms with E-state index in [0.29, 0.717) is 23.9 Å². The van der Waals surface area contributed by atoms with Gasteiger partial charge < -0.3 is 10.1 Å². The molecule has 6 nitrogen and oxygen atoms in total. The highest BCUT2D eigenvalue weighted by Crippen LogP contribution is 2.33. The number of amides is 3. The van der Waals surface area contributed by atoms with Crippen LogP contribution in [-0.2, 0) is 22.4 Å². The third-order valence-corrected chi connectivity index (χ3v) is 5.93. The predicted octanol–water partition coefficient (Wildman–Crippen LogP) is 2.36. The number of nitrogens with zero attached hydrogens (tertiary/aromatic N) is 1. The van der Waals surface area contributed by atoms with Crippen LogP contribution >= 0.6 is 11.3 Å². The molecule has 2 heterocycles. The lowest BCUT2D eigenvalue weighted by molar-refractivity contribution is -0.135. The van der Waals surface area contributed by atoms with Gasteiger partial charge in [-0.1, -0.05) is 13.3 Å². The number of urea groups is 1. The van der Waals surface area contributed by atoms with Crippen molar-refractivity contribution in [2.24, 2.45) is 5.92 Å². The first-order valence-corrected chi connectivity index (χ1v) is 9.23. The van der Waals surface area contributed by atoms with Crippen molar-refractivity contribution in [3.05, 3.63) is 21.4 Å². The Morgan fingerprint density at radius 2 is 2.29 bits per heavy atom. The minimum absolute atomic E-state index is 0.311. The molecule has 1 aromatic rings. The van der Waals surface area contributed by atoms with Crippen LogP contribution in [0.15, 0.2) is 6.07 Å². The average Bonchev–Trinajstić information content (AvgIpc) is 3.19. The number of fused-ring (bicyclic) bond motifs is 1. The highest BCUT2D eigenvalue weighted by molar-refractivity contribution is 7.14. The van der Waals surface area contributed by atoms with Gasteiger partial charge in [-0.3, -0.25) is 9.69 Å². The zero-order valence-electron chi connectivity index (χ0n) is 14.0. The molecule has 1 aromatic heterocycles. The minimum atomic E-state index is -0.969. The lowest BCUT2D eigenvalue weighted by atomic mass is 9.87. The first-order valence-electron chi connectivity index (χ1n) is 8.41. The smallest absolute Gasteiger partial charge is 0.349 e. The molecule has 24 heavy (non-hydrogen) atoms. The minimum Gasteiger partial charge on any atom is -0.448 e. The molecule has 0 unspecified atom stereocenters. The summed E-state index contributed by atoms with van der Waals surface area (Å²) in [4.78, 5) is 38.9. The number of rotatable bonds is 4. The summed E-state index contributed by atoms with van der Waals surface area (Å²) in [6, 6.07) is 1.48. The molecule has 0 saturated carbocycles. The Morgan fingerprint density at radius 3 is 2.96 bits per heavy atom. The number of ether oxygens (including phenoxy) is 1. The fourth-order valence-corrected chi connectivity index (χ4v) is 4.31. The summed E-state index contributed by atoms with van der Waals surface area (Å²) >= 11 is 1.46. The van der Waals surface area contributed by atoms with Crippen LogP contribution in [0.4, 0.5) is 4.79 Å². The van der Waals surface area contributed by atoms with Gasteiger partial charge in [-0.25, -0.2) is 9.59 Å². The van der Waals surface area contributed by atoms with Crippen LogP contribution in [0.1, 0.15) is 46.8 Å². The molecule has 2 aliphatic rings. The number of esters is 1. The van der Waals surface area contributed by atoms with Crippen LogP contribution in [0.25, 0.3) is 0 Å². The van der Waals surface area contributed by atoms with Gasteiger partial charge in [0.2, 0.25) is 0 Å². The lowest BCUT2D eigenvalue weighted by Gasteiger charge is -2.19. The first kappa shape index (κ1) is 17.0. The van der Waals surface area contributed by atoms with Crippen molar-refractivity contribution >= 4 is 29.2 Å². The molecule has 130 valence electrons. The Morgan fingerprint density at radius 1 is 1.50 bits per heavy atom. The van der Waals surface area contributed by atoms with Crippen LogP contribution in [0.5, 0.6) is 0 Å². The van der Waals surface area contributed by atoms with Crippen molar-refractivity contribution < 1.29 is 19.1 Å². The molecule has 0 radical (unpaired) electrons. The van der Waals surface area contributed by atoms with Gasteiger partial charge in [0.05, 0.1) is 0 Å². The second-order valence-corrected chi connectivity index (χ2v) is 7.48. The van der Waals surface area contributed by atoms with E-state index in [1.807, 2.05) is 6.07 Å². The summed E-state index contributed by atoms with van der Waals surface area (Å²) in [6.07, 6.45) is 3.37. The van der Waals surface area contributed by atoms with Gasteiger partial charge in [0.25, 0.3) is 5.91 Å². The summed E-state index contributed by atoms with van der Waals surface area (Å²) in [5.41, 5.74) is 1.24. The summed E-state index contributed by atoms with van der Waals surface area (Å²) < 4.78 is 5.29. The Balaban J connectivity index is 1.64. The second kappa shape index (κ2) is 6.93. The van der Waals surface area contributed by atoms with Crippen molar-refractivity contribution in [3.63, 3.8) is 0 Å². The third kappa shape index (κ3) is 3.31. The van der Waals surface area contributed by atoms with E-state index in [-0.39, 0.29) is 0 Å². The van der Waals surface area contributed by atoms with Gasteiger partial charge in [-0.15, -0.1) is 11.3 Å². The van der Waals surface area contributed by atoms with Gasteiger partial charge in [0, 0.05) is 18.0 Å². The zero-order chi connectivity index (χ0) is 17.3. The maximum atomic E-state index is 12.3. The normalized spacial score (nSPS) is 21.2. The molecule has 1 saturated heterocycles. The Labute approximate surface area is 145 Å². The van der Waals surface area contributed by atoms with Crippen LogP contribution in [-0.4, -0.2) is 42.0 Å². The van der Waals surface area contributed by atoms with E-state index in [9.17, 15) is 14.4 Å². The molecule has 1 N–H and O–H groups in total. The molecule has 3 amide bonds.